The van der Waals surface area contributed by atoms with Gasteiger partial charge in [-0.15, -0.1) is 0 Å². The molecular formula is C24H30FN3O. The Morgan fingerprint density at radius 3 is 2.76 bits per heavy atom. The molecule has 0 saturated carbocycles. The summed E-state index contributed by atoms with van der Waals surface area (Å²) in [6.45, 7) is 6.53. The fraction of sp³-hybridized carbons (Fsp3) is 0.458. The van der Waals surface area contributed by atoms with Crippen molar-refractivity contribution in [3.63, 3.8) is 0 Å². The lowest BCUT2D eigenvalue weighted by Gasteiger charge is -2.32. The molecule has 2 aliphatic heterocycles. The van der Waals surface area contributed by atoms with Gasteiger partial charge in [-0.25, -0.2) is 9.37 Å². The molecular weight excluding hydrogens is 365 g/mol. The van der Waals surface area contributed by atoms with Crippen molar-refractivity contribution in [3.8, 4) is 0 Å². The topological polar surface area (TPSA) is 41.3 Å². The van der Waals surface area contributed by atoms with Crippen LogP contribution in [0.25, 0.3) is 11.0 Å². The molecule has 4 nitrogen and oxygen atoms in total. The van der Waals surface area contributed by atoms with Crippen molar-refractivity contribution in [2.24, 2.45) is 0 Å². The van der Waals surface area contributed by atoms with Crippen molar-refractivity contribution in [1.29, 1.82) is 0 Å². The molecule has 0 radical (unpaired) electrons. The first-order valence-electron chi connectivity index (χ1n) is 10.1. The summed E-state index contributed by atoms with van der Waals surface area (Å²) in [6, 6.07) is 8.86. The molecule has 0 bridgehead atoms. The molecule has 5 heteroatoms. The van der Waals surface area contributed by atoms with Crippen molar-refractivity contribution in [2.75, 3.05) is 13.1 Å². The summed E-state index contributed by atoms with van der Waals surface area (Å²) in [4.78, 5) is 7.36. The molecule has 2 unspecified atom stereocenters. The minimum absolute atomic E-state index is 0. The van der Waals surface area contributed by atoms with Crippen LogP contribution in [0.3, 0.4) is 0 Å². The SMILES string of the molecule is C.Cc1cnc2c(c1)c1c(n2CC(C)(O)c2ccc(F)cc2)CCN2CCCC12. The minimum atomic E-state index is -1.10. The predicted molar refractivity (Wildman–Crippen MR) is 114 cm³/mol. The fourth-order valence-corrected chi connectivity index (χ4v) is 5.09. The van der Waals surface area contributed by atoms with Gasteiger partial charge in [0.25, 0.3) is 0 Å². The van der Waals surface area contributed by atoms with Gasteiger partial charge in [-0.2, -0.15) is 0 Å². The zero-order valence-corrected chi connectivity index (χ0v) is 16.5. The van der Waals surface area contributed by atoms with Crippen LogP contribution in [0.4, 0.5) is 4.39 Å². The first kappa shape index (κ1) is 20.0. The van der Waals surface area contributed by atoms with Crippen LogP contribution in [-0.2, 0) is 18.6 Å². The molecule has 1 saturated heterocycles. The number of benzene rings is 1. The lowest BCUT2D eigenvalue weighted by atomic mass is 9.94. The second kappa shape index (κ2) is 7.22. The van der Waals surface area contributed by atoms with Gasteiger partial charge in [-0.05, 0) is 68.1 Å². The van der Waals surface area contributed by atoms with Gasteiger partial charge in [-0.1, -0.05) is 19.6 Å². The Hall–Kier alpha value is -2.24. The number of hydrogen-bond acceptors (Lipinski definition) is 3. The average Bonchev–Trinajstić information content (AvgIpc) is 3.25. The number of hydrogen-bond donors (Lipinski definition) is 1. The van der Waals surface area contributed by atoms with E-state index in [1.165, 1.54) is 48.2 Å². The number of pyridine rings is 1. The van der Waals surface area contributed by atoms with Gasteiger partial charge in [0.1, 0.15) is 17.1 Å². The number of aliphatic hydroxyl groups is 1. The number of nitrogens with zero attached hydrogens (tertiary/aromatic N) is 3. The van der Waals surface area contributed by atoms with Crippen LogP contribution in [0.1, 0.15) is 55.6 Å². The minimum Gasteiger partial charge on any atom is -0.384 e. The largest absolute Gasteiger partial charge is 0.384 e. The van der Waals surface area contributed by atoms with Crippen molar-refractivity contribution >= 4 is 11.0 Å². The number of rotatable bonds is 3. The molecule has 0 amide bonds. The third-order valence-electron chi connectivity index (χ3n) is 6.45. The number of fused-ring (bicyclic) bond motifs is 5. The maximum atomic E-state index is 13.3. The predicted octanol–water partition coefficient (Wildman–Crippen LogP) is 4.72. The highest BCUT2D eigenvalue weighted by molar-refractivity contribution is 5.84. The van der Waals surface area contributed by atoms with Crippen LogP contribution in [0.5, 0.6) is 0 Å². The number of aryl methyl sites for hydroxylation is 1. The normalized spacial score (nSPS) is 20.8. The van der Waals surface area contributed by atoms with Gasteiger partial charge < -0.3 is 9.67 Å². The van der Waals surface area contributed by atoms with Crippen molar-refractivity contribution in [3.05, 3.63) is 64.7 Å². The smallest absolute Gasteiger partial charge is 0.140 e. The molecule has 5 rings (SSSR count). The number of halogens is 1. The third-order valence-corrected chi connectivity index (χ3v) is 6.45. The zero-order chi connectivity index (χ0) is 19.5. The quantitative estimate of drug-likeness (QED) is 0.698. The van der Waals surface area contributed by atoms with E-state index in [2.05, 4.69) is 22.5 Å². The Kier molecular flexibility index (Phi) is 4.99. The van der Waals surface area contributed by atoms with E-state index in [1.54, 1.807) is 19.1 Å². The van der Waals surface area contributed by atoms with Crippen LogP contribution in [-0.4, -0.2) is 32.6 Å². The Morgan fingerprint density at radius 2 is 2.00 bits per heavy atom. The van der Waals surface area contributed by atoms with E-state index >= 15 is 0 Å². The van der Waals surface area contributed by atoms with Gasteiger partial charge in [-0.3, -0.25) is 4.90 Å². The molecule has 4 heterocycles. The van der Waals surface area contributed by atoms with Crippen LogP contribution in [0, 0.1) is 12.7 Å². The Balaban J connectivity index is 0.00000205. The summed E-state index contributed by atoms with van der Waals surface area (Å²) in [5.41, 5.74) is 4.44. The molecule has 29 heavy (non-hydrogen) atoms. The maximum Gasteiger partial charge on any atom is 0.140 e. The van der Waals surface area contributed by atoms with E-state index in [9.17, 15) is 9.50 Å². The molecule has 3 aromatic rings. The molecule has 0 spiro atoms. The van der Waals surface area contributed by atoms with E-state index in [1.807, 2.05) is 6.20 Å². The summed E-state index contributed by atoms with van der Waals surface area (Å²) >= 11 is 0. The highest BCUT2D eigenvalue weighted by atomic mass is 19.1. The monoisotopic (exact) mass is 395 g/mol. The summed E-state index contributed by atoms with van der Waals surface area (Å²) < 4.78 is 15.6. The van der Waals surface area contributed by atoms with Gasteiger partial charge >= 0.3 is 0 Å². The zero-order valence-electron chi connectivity index (χ0n) is 16.5. The van der Waals surface area contributed by atoms with Crippen LogP contribution in [0.15, 0.2) is 36.5 Å². The van der Waals surface area contributed by atoms with Gasteiger partial charge in [0.2, 0.25) is 0 Å². The lowest BCUT2D eigenvalue weighted by molar-refractivity contribution is 0.0381. The van der Waals surface area contributed by atoms with E-state index in [0.717, 1.165) is 29.7 Å². The molecule has 2 atom stereocenters. The molecule has 154 valence electrons. The second-order valence-electron chi connectivity index (χ2n) is 8.56. The van der Waals surface area contributed by atoms with E-state index < -0.39 is 5.60 Å². The third kappa shape index (κ3) is 3.26. The van der Waals surface area contributed by atoms with E-state index in [-0.39, 0.29) is 13.2 Å². The molecule has 1 fully saturated rings. The Morgan fingerprint density at radius 1 is 1.24 bits per heavy atom. The standard InChI is InChI=1S/C23H26FN3O.CH4/c1-15-12-18-21-19-4-3-10-26(19)11-9-20(21)27(22(18)25-13-15)14-23(2,28)16-5-7-17(24)8-6-16;/h5-8,12-13,19,28H,3-4,9-11,14H2,1-2H3;1H4. The Bertz CT molecular complexity index is 1040. The van der Waals surface area contributed by atoms with Crippen LogP contribution in [0.2, 0.25) is 0 Å². The maximum absolute atomic E-state index is 13.3. The van der Waals surface area contributed by atoms with Crippen molar-refractivity contribution in [2.45, 2.75) is 58.7 Å². The van der Waals surface area contributed by atoms with Crippen LogP contribution < -0.4 is 0 Å². The summed E-state index contributed by atoms with van der Waals surface area (Å²) in [6.07, 6.45) is 5.31. The van der Waals surface area contributed by atoms with Crippen molar-refractivity contribution < 1.29 is 9.50 Å². The van der Waals surface area contributed by atoms with Gasteiger partial charge in [0.05, 0.1) is 6.54 Å². The van der Waals surface area contributed by atoms with E-state index in [0.29, 0.717) is 12.6 Å². The van der Waals surface area contributed by atoms with E-state index in [4.69, 9.17) is 4.98 Å². The van der Waals surface area contributed by atoms with Gasteiger partial charge in [0.15, 0.2) is 0 Å². The van der Waals surface area contributed by atoms with Crippen LogP contribution >= 0.6 is 0 Å². The molecule has 0 aliphatic carbocycles. The average molecular weight is 396 g/mol. The highest BCUT2D eigenvalue weighted by Gasteiger charge is 2.37. The molecule has 1 aromatic carbocycles. The molecule has 1 N–H and O–H groups in total. The Labute approximate surface area is 172 Å². The molecule has 2 aliphatic rings. The molecule has 2 aromatic heterocycles. The first-order chi connectivity index (χ1) is 13.4. The highest BCUT2D eigenvalue weighted by Crippen LogP contribution is 2.43. The second-order valence-corrected chi connectivity index (χ2v) is 8.56. The lowest BCUT2D eigenvalue weighted by Crippen LogP contribution is -2.33. The summed E-state index contributed by atoms with van der Waals surface area (Å²) in [5, 5.41) is 12.5. The van der Waals surface area contributed by atoms with Crippen molar-refractivity contribution in [1.82, 2.24) is 14.5 Å². The summed E-state index contributed by atoms with van der Waals surface area (Å²) in [5.74, 6) is -0.290. The summed E-state index contributed by atoms with van der Waals surface area (Å²) in [7, 11) is 0. The van der Waals surface area contributed by atoms with Gasteiger partial charge in [0, 0.05) is 36.3 Å². The first-order valence-corrected chi connectivity index (χ1v) is 10.1. The fourth-order valence-electron chi connectivity index (χ4n) is 5.09. The number of aromatic nitrogens is 2.